The van der Waals surface area contributed by atoms with Gasteiger partial charge in [-0.2, -0.15) is 0 Å². The highest BCUT2D eigenvalue weighted by atomic mass is 16.5. The fourth-order valence-corrected chi connectivity index (χ4v) is 2.54. The molecule has 0 bridgehead atoms. The Labute approximate surface area is 129 Å². The summed E-state index contributed by atoms with van der Waals surface area (Å²) in [6.45, 7) is 13.3. The molecule has 1 unspecified atom stereocenters. The van der Waals surface area contributed by atoms with Crippen LogP contribution in [-0.4, -0.2) is 81.9 Å². The molecule has 1 heterocycles. The summed E-state index contributed by atoms with van der Waals surface area (Å²) >= 11 is 0. The van der Waals surface area contributed by atoms with E-state index < -0.39 is 0 Å². The summed E-state index contributed by atoms with van der Waals surface area (Å²) in [7, 11) is 1.67. The van der Waals surface area contributed by atoms with Gasteiger partial charge in [0.1, 0.15) is 0 Å². The van der Waals surface area contributed by atoms with Crippen LogP contribution in [0.2, 0.25) is 0 Å². The van der Waals surface area contributed by atoms with Crippen molar-refractivity contribution in [3.63, 3.8) is 0 Å². The minimum absolute atomic E-state index is 0.0752. The maximum absolute atomic E-state index is 11.6. The minimum atomic E-state index is -0.0752. The molecule has 0 saturated carbocycles. The molecule has 6 heteroatoms. The molecule has 0 aromatic heterocycles. The van der Waals surface area contributed by atoms with E-state index in [1.54, 1.807) is 7.11 Å². The molecule has 1 rings (SSSR count). The Hall–Kier alpha value is -0.850. The summed E-state index contributed by atoms with van der Waals surface area (Å²) in [5.74, 6) is 0.475. The van der Waals surface area contributed by atoms with Crippen molar-refractivity contribution in [2.24, 2.45) is 5.92 Å². The highest BCUT2D eigenvalue weighted by Gasteiger charge is 2.17. The Balaban J connectivity index is 2.05. The van der Waals surface area contributed by atoms with Crippen LogP contribution in [0.5, 0.6) is 0 Å². The monoisotopic (exact) mass is 300 g/mol. The van der Waals surface area contributed by atoms with E-state index in [0.717, 1.165) is 52.2 Å². The first kappa shape index (κ1) is 18.2. The predicted molar refractivity (Wildman–Crippen MR) is 85.6 cm³/mol. The lowest BCUT2D eigenvalue weighted by Gasteiger charge is -2.35. The van der Waals surface area contributed by atoms with E-state index in [-0.39, 0.29) is 6.03 Å². The summed E-state index contributed by atoms with van der Waals surface area (Å²) in [5, 5.41) is 5.78. The SMILES string of the molecule is CCN1CCN(CC(C)CNC(=O)NCCCOC)CC1. The number of hydrogen-bond donors (Lipinski definition) is 2. The van der Waals surface area contributed by atoms with Gasteiger partial charge in [0.15, 0.2) is 0 Å². The van der Waals surface area contributed by atoms with Crippen LogP contribution in [0.15, 0.2) is 0 Å². The average molecular weight is 300 g/mol. The lowest BCUT2D eigenvalue weighted by molar-refractivity contribution is 0.124. The van der Waals surface area contributed by atoms with Gasteiger partial charge in [0.25, 0.3) is 0 Å². The van der Waals surface area contributed by atoms with Crippen molar-refractivity contribution in [1.82, 2.24) is 20.4 Å². The smallest absolute Gasteiger partial charge is 0.314 e. The van der Waals surface area contributed by atoms with Crippen LogP contribution >= 0.6 is 0 Å². The normalized spacial score (nSPS) is 18.4. The third-order valence-corrected chi connectivity index (χ3v) is 3.90. The van der Waals surface area contributed by atoms with E-state index in [2.05, 4.69) is 34.3 Å². The molecule has 0 aromatic rings. The van der Waals surface area contributed by atoms with Gasteiger partial charge in [-0.25, -0.2) is 4.79 Å². The topological polar surface area (TPSA) is 56.8 Å². The zero-order valence-corrected chi connectivity index (χ0v) is 13.9. The fourth-order valence-electron chi connectivity index (χ4n) is 2.54. The van der Waals surface area contributed by atoms with Crippen molar-refractivity contribution in [2.45, 2.75) is 20.3 Å². The number of nitrogens with zero attached hydrogens (tertiary/aromatic N) is 2. The molecular weight excluding hydrogens is 268 g/mol. The second-order valence-electron chi connectivity index (χ2n) is 5.82. The standard InChI is InChI=1S/C15H32N4O2/c1-4-18-7-9-19(10-8-18)13-14(2)12-17-15(20)16-6-5-11-21-3/h14H,4-13H2,1-3H3,(H2,16,17,20). The van der Waals surface area contributed by atoms with Crippen molar-refractivity contribution in [2.75, 3.05) is 66.1 Å². The number of nitrogens with one attached hydrogen (secondary N) is 2. The van der Waals surface area contributed by atoms with Gasteiger partial charge in [-0.3, -0.25) is 0 Å². The van der Waals surface area contributed by atoms with Crippen molar-refractivity contribution in [3.05, 3.63) is 0 Å². The van der Waals surface area contributed by atoms with Crippen LogP contribution in [0.3, 0.4) is 0 Å². The number of methoxy groups -OCH3 is 1. The van der Waals surface area contributed by atoms with E-state index in [4.69, 9.17) is 4.74 Å². The van der Waals surface area contributed by atoms with Gasteiger partial charge in [0.05, 0.1) is 0 Å². The maximum atomic E-state index is 11.6. The molecule has 0 spiro atoms. The Bertz CT molecular complexity index is 281. The Morgan fingerprint density at radius 1 is 1.19 bits per heavy atom. The van der Waals surface area contributed by atoms with Crippen LogP contribution in [0.1, 0.15) is 20.3 Å². The van der Waals surface area contributed by atoms with E-state index in [1.807, 2.05) is 0 Å². The third kappa shape index (κ3) is 8.24. The summed E-state index contributed by atoms with van der Waals surface area (Å²) in [4.78, 5) is 16.6. The molecule has 2 amide bonds. The molecular formula is C15H32N4O2. The molecule has 21 heavy (non-hydrogen) atoms. The van der Waals surface area contributed by atoms with E-state index in [9.17, 15) is 4.79 Å². The first-order chi connectivity index (χ1) is 10.2. The summed E-state index contributed by atoms with van der Waals surface area (Å²) in [6.07, 6.45) is 0.848. The van der Waals surface area contributed by atoms with Gasteiger partial charge in [-0.15, -0.1) is 0 Å². The quantitative estimate of drug-likeness (QED) is 0.612. The molecule has 0 radical (unpaired) electrons. The highest BCUT2D eigenvalue weighted by molar-refractivity contribution is 5.73. The van der Waals surface area contributed by atoms with E-state index in [1.165, 1.54) is 0 Å². The first-order valence-electron chi connectivity index (χ1n) is 8.11. The lowest BCUT2D eigenvalue weighted by Crippen LogP contribution is -2.48. The van der Waals surface area contributed by atoms with Gasteiger partial charge in [-0.1, -0.05) is 13.8 Å². The molecule has 1 aliphatic rings. The molecule has 1 saturated heterocycles. The van der Waals surface area contributed by atoms with E-state index in [0.29, 0.717) is 19.1 Å². The van der Waals surface area contributed by atoms with Gasteiger partial charge in [-0.05, 0) is 18.9 Å². The zero-order valence-electron chi connectivity index (χ0n) is 13.9. The van der Waals surface area contributed by atoms with Crippen LogP contribution in [-0.2, 0) is 4.74 Å². The zero-order chi connectivity index (χ0) is 15.5. The maximum Gasteiger partial charge on any atom is 0.314 e. The van der Waals surface area contributed by atoms with Crippen molar-refractivity contribution in [3.8, 4) is 0 Å². The second kappa shape index (κ2) is 10.8. The number of hydrogen-bond acceptors (Lipinski definition) is 4. The highest BCUT2D eigenvalue weighted by Crippen LogP contribution is 2.04. The molecule has 1 aliphatic heterocycles. The predicted octanol–water partition coefficient (Wildman–Crippen LogP) is 0.596. The minimum Gasteiger partial charge on any atom is -0.385 e. The molecule has 2 N–H and O–H groups in total. The third-order valence-electron chi connectivity index (χ3n) is 3.90. The molecule has 0 aliphatic carbocycles. The number of carbonyl (C=O) groups is 1. The van der Waals surface area contributed by atoms with E-state index >= 15 is 0 Å². The van der Waals surface area contributed by atoms with Crippen molar-refractivity contribution >= 4 is 6.03 Å². The van der Waals surface area contributed by atoms with Crippen molar-refractivity contribution < 1.29 is 9.53 Å². The Morgan fingerprint density at radius 3 is 2.48 bits per heavy atom. The second-order valence-corrected chi connectivity index (χ2v) is 5.82. The Morgan fingerprint density at radius 2 is 1.86 bits per heavy atom. The largest absolute Gasteiger partial charge is 0.385 e. The van der Waals surface area contributed by atoms with Crippen LogP contribution in [0.25, 0.3) is 0 Å². The van der Waals surface area contributed by atoms with Gasteiger partial charge in [0, 0.05) is 59.5 Å². The number of likely N-dealkylation sites (N-methyl/N-ethyl adjacent to an activating group) is 1. The molecule has 1 fully saturated rings. The number of amides is 2. The first-order valence-corrected chi connectivity index (χ1v) is 8.11. The number of urea groups is 1. The summed E-state index contributed by atoms with van der Waals surface area (Å²) < 4.78 is 4.94. The fraction of sp³-hybridized carbons (Fsp3) is 0.933. The number of ether oxygens (including phenoxy) is 1. The molecule has 124 valence electrons. The van der Waals surface area contributed by atoms with Crippen LogP contribution in [0, 0.1) is 5.92 Å². The molecule has 6 nitrogen and oxygen atoms in total. The molecule has 1 atom stereocenters. The van der Waals surface area contributed by atoms with Gasteiger partial charge < -0.3 is 25.2 Å². The number of piperazine rings is 1. The average Bonchev–Trinajstić information content (AvgIpc) is 2.50. The number of rotatable bonds is 9. The summed E-state index contributed by atoms with van der Waals surface area (Å²) in [6, 6.07) is -0.0752. The lowest BCUT2D eigenvalue weighted by atomic mass is 10.1. The van der Waals surface area contributed by atoms with Crippen LogP contribution in [0.4, 0.5) is 4.79 Å². The van der Waals surface area contributed by atoms with Crippen LogP contribution < -0.4 is 10.6 Å². The summed E-state index contributed by atoms with van der Waals surface area (Å²) in [5.41, 5.74) is 0. The Kier molecular flexibility index (Phi) is 9.37. The van der Waals surface area contributed by atoms with Crippen molar-refractivity contribution in [1.29, 1.82) is 0 Å². The van der Waals surface area contributed by atoms with Gasteiger partial charge in [0.2, 0.25) is 0 Å². The number of carbonyl (C=O) groups excluding carboxylic acids is 1. The molecule has 0 aromatic carbocycles. The van der Waals surface area contributed by atoms with Gasteiger partial charge >= 0.3 is 6.03 Å².